The maximum absolute atomic E-state index is 13.0. The molecule has 1 fully saturated rings. The normalized spacial score (nSPS) is 16.8. The Labute approximate surface area is 173 Å². The Hall–Kier alpha value is -2.19. The van der Waals surface area contributed by atoms with Crippen molar-refractivity contribution in [1.82, 2.24) is 19.0 Å². The van der Waals surface area contributed by atoms with Gasteiger partial charge in [0.1, 0.15) is 5.69 Å². The molecule has 1 aromatic heterocycles. The number of aromatic nitrogens is 2. The minimum absolute atomic E-state index is 0.0950. The Balaban J connectivity index is 1.68. The molecular formula is C21H30N4O3S. The highest BCUT2D eigenvalue weighted by Gasteiger charge is 2.31. The van der Waals surface area contributed by atoms with Gasteiger partial charge in [0.25, 0.3) is 5.91 Å². The number of rotatable bonds is 6. The summed E-state index contributed by atoms with van der Waals surface area (Å²) < 4.78 is 29.2. The van der Waals surface area contributed by atoms with Crippen molar-refractivity contribution in [2.75, 3.05) is 26.2 Å². The van der Waals surface area contributed by atoms with E-state index in [1.165, 1.54) is 4.31 Å². The summed E-state index contributed by atoms with van der Waals surface area (Å²) in [6, 6.07) is 8.96. The molecule has 0 radical (unpaired) electrons. The van der Waals surface area contributed by atoms with Crippen molar-refractivity contribution in [3.63, 3.8) is 0 Å². The van der Waals surface area contributed by atoms with Crippen LogP contribution in [0.4, 0.5) is 0 Å². The molecule has 1 atom stereocenters. The van der Waals surface area contributed by atoms with Crippen LogP contribution in [0.25, 0.3) is 0 Å². The summed E-state index contributed by atoms with van der Waals surface area (Å²) in [6.07, 6.45) is 1.01. The highest BCUT2D eigenvalue weighted by atomic mass is 32.2. The van der Waals surface area contributed by atoms with E-state index >= 15 is 0 Å². The molecule has 1 aliphatic heterocycles. The lowest BCUT2D eigenvalue weighted by Crippen LogP contribution is -2.50. The van der Waals surface area contributed by atoms with Crippen molar-refractivity contribution < 1.29 is 13.2 Å². The zero-order valence-electron chi connectivity index (χ0n) is 17.6. The molecule has 0 N–H and O–H groups in total. The van der Waals surface area contributed by atoms with Crippen molar-refractivity contribution in [3.8, 4) is 0 Å². The van der Waals surface area contributed by atoms with Crippen molar-refractivity contribution in [2.24, 2.45) is 0 Å². The van der Waals surface area contributed by atoms with E-state index in [-0.39, 0.29) is 5.91 Å². The maximum Gasteiger partial charge on any atom is 0.272 e. The van der Waals surface area contributed by atoms with Crippen LogP contribution in [-0.2, 0) is 16.6 Å². The van der Waals surface area contributed by atoms with E-state index < -0.39 is 10.0 Å². The highest BCUT2D eigenvalue weighted by molar-refractivity contribution is 7.89. The molecule has 1 amide bonds. The molecule has 0 bridgehead atoms. The summed E-state index contributed by atoms with van der Waals surface area (Å²) in [5.41, 5.74) is 2.50. The number of amides is 1. The number of sulfonamides is 1. The van der Waals surface area contributed by atoms with Gasteiger partial charge in [-0.25, -0.2) is 8.42 Å². The summed E-state index contributed by atoms with van der Waals surface area (Å²) in [6.45, 7) is 10.0. The average molecular weight is 419 g/mol. The zero-order valence-corrected chi connectivity index (χ0v) is 18.4. The fourth-order valence-electron chi connectivity index (χ4n) is 3.61. The SMILES string of the molecule is CCC(C)c1ccc(S(=O)(=O)N2CCN(C(=O)c3cc(C)nn3CC)CC2)cc1. The van der Waals surface area contributed by atoms with Gasteiger partial charge in [0.2, 0.25) is 10.0 Å². The molecule has 1 aromatic carbocycles. The van der Waals surface area contributed by atoms with Gasteiger partial charge in [-0.1, -0.05) is 26.0 Å². The molecule has 1 unspecified atom stereocenters. The molecule has 2 heterocycles. The largest absolute Gasteiger partial charge is 0.335 e. The van der Waals surface area contributed by atoms with E-state index in [9.17, 15) is 13.2 Å². The summed E-state index contributed by atoms with van der Waals surface area (Å²) >= 11 is 0. The molecule has 1 saturated heterocycles. The van der Waals surface area contributed by atoms with E-state index in [0.717, 1.165) is 17.7 Å². The lowest BCUT2D eigenvalue weighted by atomic mass is 9.99. The van der Waals surface area contributed by atoms with E-state index in [2.05, 4.69) is 18.9 Å². The molecule has 0 aliphatic carbocycles. The van der Waals surface area contributed by atoms with Crippen LogP contribution in [0.15, 0.2) is 35.2 Å². The van der Waals surface area contributed by atoms with Crippen LogP contribution in [0, 0.1) is 6.92 Å². The lowest BCUT2D eigenvalue weighted by molar-refractivity contribution is 0.0685. The van der Waals surface area contributed by atoms with Gasteiger partial charge in [-0.15, -0.1) is 0 Å². The molecule has 29 heavy (non-hydrogen) atoms. The molecule has 1 aliphatic rings. The Morgan fingerprint density at radius 1 is 1.10 bits per heavy atom. The topological polar surface area (TPSA) is 75.5 Å². The van der Waals surface area contributed by atoms with Crippen LogP contribution in [0.3, 0.4) is 0 Å². The van der Waals surface area contributed by atoms with E-state index in [4.69, 9.17) is 0 Å². The predicted molar refractivity (Wildman–Crippen MR) is 112 cm³/mol. The van der Waals surface area contributed by atoms with Crippen molar-refractivity contribution >= 4 is 15.9 Å². The van der Waals surface area contributed by atoms with Crippen molar-refractivity contribution in [1.29, 1.82) is 0 Å². The Kier molecular flexibility index (Phi) is 6.43. The van der Waals surface area contributed by atoms with Gasteiger partial charge in [0, 0.05) is 32.7 Å². The minimum atomic E-state index is -3.56. The number of hydrogen-bond acceptors (Lipinski definition) is 4. The Morgan fingerprint density at radius 2 is 1.72 bits per heavy atom. The van der Waals surface area contributed by atoms with Crippen molar-refractivity contribution in [2.45, 2.75) is 51.5 Å². The standard InChI is InChI=1S/C21H30N4O3S/c1-5-16(3)18-7-9-19(10-8-18)29(27,28)24-13-11-23(12-14-24)21(26)20-15-17(4)22-25(20)6-2/h7-10,15-16H,5-6,11-14H2,1-4H3. The number of carbonyl (C=O) groups is 1. The number of aryl methyl sites for hydroxylation is 2. The van der Waals surface area contributed by atoms with Crippen LogP contribution < -0.4 is 0 Å². The highest BCUT2D eigenvalue weighted by Crippen LogP contribution is 2.23. The molecule has 158 valence electrons. The summed E-state index contributed by atoms with van der Waals surface area (Å²) in [5, 5.41) is 4.33. The lowest BCUT2D eigenvalue weighted by Gasteiger charge is -2.34. The zero-order chi connectivity index (χ0) is 21.2. The first kappa shape index (κ1) is 21.5. The molecule has 0 spiro atoms. The van der Waals surface area contributed by atoms with Gasteiger partial charge < -0.3 is 4.90 Å². The van der Waals surface area contributed by atoms with Crippen LogP contribution in [-0.4, -0.2) is 59.5 Å². The second-order valence-corrected chi connectivity index (χ2v) is 9.50. The Morgan fingerprint density at radius 3 is 2.28 bits per heavy atom. The third-order valence-electron chi connectivity index (χ3n) is 5.65. The average Bonchev–Trinajstić information content (AvgIpc) is 3.13. The summed E-state index contributed by atoms with van der Waals surface area (Å²) in [4.78, 5) is 14.9. The first-order valence-corrected chi connectivity index (χ1v) is 11.7. The predicted octanol–water partition coefficient (Wildman–Crippen LogP) is 2.87. The summed E-state index contributed by atoms with van der Waals surface area (Å²) in [5.74, 6) is 0.309. The van der Waals surface area contributed by atoms with Crippen LogP contribution in [0.5, 0.6) is 0 Å². The van der Waals surface area contributed by atoms with Crippen LogP contribution >= 0.6 is 0 Å². The molecule has 2 aromatic rings. The maximum atomic E-state index is 13.0. The van der Waals surface area contributed by atoms with E-state index in [0.29, 0.717) is 49.2 Å². The molecule has 7 nitrogen and oxygen atoms in total. The molecule has 0 saturated carbocycles. The van der Waals surface area contributed by atoms with Gasteiger partial charge in [-0.3, -0.25) is 9.48 Å². The second-order valence-electron chi connectivity index (χ2n) is 7.56. The van der Waals surface area contributed by atoms with Crippen LogP contribution in [0.2, 0.25) is 0 Å². The molecule has 3 rings (SSSR count). The van der Waals surface area contributed by atoms with Crippen molar-refractivity contribution in [3.05, 3.63) is 47.3 Å². The molecular weight excluding hydrogens is 388 g/mol. The van der Waals surface area contributed by atoms with Crippen LogP contribution in [0.1, 0.15) is 54.9 Å². The Bertz CT molecular complexity index is 958. The summed E-state index contributed by atoms with van der Waals surface area (Å²) in [7, 11) is -3.56. The fourth-order valence-corrected chi connectivity index (χ4v) is 5.03. The number of hydrogen-bond donors (Lipinski definition) is 0. The first-order valence-electron chi connectivity index (χ1n) is 10.2. The second kappa shape index (κ2) is 8.67. The van der Waals surface area contributed by atoms with Gasteiger partial charge in [-0.05, 0) is 49.9 Å². The number of benzene rings is 1. The smallest absolute Gasteiger partial charge is 0.272 e. The van der Waals surface area contributed by atoms with Gasteiger partial charge in [-0.2, -0.15) is 9.40 Å². The van der Waals surface area contributed by atoms with Gasteiger partial charge in [0.15, 0.2) is 0 Å². The first-order chi connectivity index (χ1) is 13.8. The quantitative estimate of drug-likeness (QED) is 0.723. The number of piperazine rings is 1. The number of carbonyl (C=O) groups excluding carboxylic acids is 1. The van der Waals surface area contributed by atoms with E-state index in [1.54, 1.807) is 27.8 Å². The molecule has 8 heteroatoms. The third kappa shape index (κ3) is 4.38. The van der Waals surface area contributed by atoms with Gasteiger partial charge >= 0.3 is 0 Å². The monoisotopic (exact) mass is 418 g/mol. The van der Waals surface area contributed by atoms with Gasteiger partial charge in [0.05, 0.1) is 10.6 Å². The number of nitrogens with zero attached hydrogens (tertiary/aromatic N) is 4. The van der Waals surface area contributed by atoms with E-state index in [1.807, 2.05) is 26.0 Å². The third-order valence-corrected chi connectivity index (χ3v) is 7.56. The minimum Gasteiger partial charge on any atom is -0.335 e. The fraction of sp³-hybridized carbons (Fsp3) is 0.524.